The first kappa shape index (κ1) is 25.1. The lowest BCUT2D eigenvalue weighted by molar-refractivity contribution is -0.139. The second-order valence-electron chi connectivity index (χ2n) is 5.25. The maximum Gasteiger partial charge on any atom is 0.419 e. The standard InChI is InChI=1S/C14H3F11.C2H6FP/c1-2-3(4-7(16)11(20)13(22)12(21)8(4)17)5(14(23,24)25)9(18)10(19)6(2)15;1-4-2-3/h1H3;4H,2H2,1H3. The van der Waals surface area contributed by atoms with Crippen molar-refractivity contribution in [2.45, 2.75) is 13.1 Å². The van der Waals surface area contributed by atoms with Gasteiger partial charge in [-0.3, -0.25) is 0 Å². The molecule has 29 heavy (non-hydrogen) atoms. The molecule has 2 aromatic carbocycles. The van der Waals surface area contributed by atoms with Gasteiger partial charge < -0.3 is 0 Å². The number of hydrogen-bond acceptors (Lipinski definition) is 0. The van der Waals surface area contributed by atoms with Crippen molar-refractivity contribution in [3.63, 3.8) is 0 Å². The van der Waals surface area contributed by atoms with Crippen LogP contribution in [0.3, 0.4) is 0 Å². The fraction of sp³-hybridized carbons (Fsp3) is 0.250. The van der Waals surface area contributed by atoms with Crippen molar-refractivity contribution >= 4 is 8.58 Å². The van der Waals surface area contributed by atoms with E-state index in [4.69, 9.17) is 0 Å². The molecule has 0 aliphatic rings. The van der Waals surface area contributed by atoms with Gasteiger partial charge in [0.1, 0.15) is 12.0 Å². The third kappa shape index (κ3) is 4.62. The van der Waals surface area contributed by atoms with Gasteiger partial charge in [0.2, 0.25) is 5.82 Å². The first-order chi connectivity index (χ1) is 13.2. The topological polar surface area (TPSA) is 0 Å². The van der Waals surface area contributed by atoms with Gasteiger partial charge in [0.15, 0.2) is 40.7 Å². The summed E-state index contributed by atoms with van der Waals surface area (Å²) in [5.74, 6) is -21.2. The minimum absolute atomic E-state index is 0.153. The van der Waals surface area contributed by atoms with E-state index >= 15 is 0 Å². The van der Waals surface area contributed by atoms with Crippen LogP contribution in [0.4, 0.5) is 52.7 Å². The molecule has 0 aliphatic heterocycles. The summed E-state index contributed by atoms with van der Waals surface area (Å²) in [6.07, 6.45) is -5.99. The van der Waals surface area contributed by atoms with Gasteiger partial charge in [-0.25, -0.2) is 39.5 Å². The highest BCUT2D eigenvalue weighted by Crippen LogP contribution is 2.45. The van der Waals surface area contributed by atoms with Crippen molar-refractivity contribution in [1.29, 1.82) is 0 Å². The van der Waals surface area contributed by atoms with E-state index in [2.05, 4.69) is 0 Å². The number of benzene rings is 2. The largest absolute Gasteiger partial charge is 0.419 e. The lowest BCUT2D eigenvalue weighted by Crippen LogP contribution is -2.17. The van der Waals surface area contributed by atoms with Gasteiger partial charge in [-0.15, -0.1) is 0 Å². The summed E-state index contributed by atoms with van der Waals surface area (Å²) in [6.45, 7) is 2.19. The Labute approximate surface area is 157 Å². The molecular formula is C16H9F12P. The maximum absolute atomic E-state index is 13.8. The van der Waals surface area contributed by atoms with Crippen molar-refractivity contribution in [3.05, 3.63) is 57.7 Å². The summed E-state index contributed by atoms with van der Waals surface area (Å²) in [7, 11) is 0.474. The zero-order chi connectivity index (χ0) is 22.8. The first-order valence-corrected chi connectivity index (χ1v) is 8.91. The summed E-state index contributed by atoms with van der Waals surface area (Å²) in [5.41, 5.74) is -8.45. The highest BCUT2D eigenvalue weighted by molar-refractivity contribution is 7.36. The van der Waals surface area contributed by atoms with Crippen molar-refractivity contribution in [2.24, 2.45) is 0 Å². The molecule has 0 N–H and O–H groups in total. The van der Waals surface area contributed by atoms with Crippen LogP contribution < -0.4 is 0 Å². The average Bonchev–Trinajstić information content (AvgIpc) is 2.66. The van der Waals surface area contributed by atoms with Crippen LogP contribution in [0.15, 0.2) is 0 Å². The van der Waals surface area contributed by atoms with Gasteiger partial charge in [0, 0.05) is 5.56 Å². The quantitative estimate of drug-likeness (QED) is 0.196. The SMILES string of the molecule is CPCF.Cc1c(F)c(F)c(F)c(C(F)(F)F)c1-c1c(F)c(F)c(F)c(F)c1F. The molecule has 0 spiro atoms. The van der Waals surface area contributed by atoms with Crippen LogP contribution in [0.25, 0.3) is 11.1 Å². The normalized spacial score (nSPS) is 11.8. The van der Waals surface area contributed by atoms with Crippen LogP contribution in [0.2, 0.25) is 0 Å². The fourth-order valence-corrected chi connectivity index (χ4v) is 2.18. The highest BCUT2D eigenvalue weighted by Gasteiger charge is 2.43. The summed E-state index contributed by atoms with van der Waals surface area (Å²) in [6, 6.07) is 0. The molecule has 1 atom stereocenters. The molecule has 0 nitrogen and oxygen atoms in total. The summed E-state index contributed by atoms with van der Waals surface area (Å²) in [4.78, 5) is 0. The second-order valence-corrected chi connectivity index (χ2v) is 6.22. The summed E-state index contributed by atoms with van der Waals surface area (Å²) >= 11 is 0. The highest BCUT2D eigenvalue weighted by atomic mass is 31.1. The monoisotopic (exact) mass is 460 g/mol. The molecule has 0 bridgehead atoms. The maximum atomic E-state index is 13.8. The van der Waals surface area contributed by atoms with Crippen LogP contribution in [-0.4, -0.2) is 13.1 Å². The molecule has 0 aromatic heterocycles. The van der Waals surface area contributed by atoms with E-state index in [1.807, 2.05) is 6.66 Å². The van der Waals surface area contributed by atoms with Crippen LogP contribution in [0.5, 0.6) is 0 Å². The van der Waals surface area contributed by atoms with Gasteiger partial charge in [0.25, 0.3) is 0 Å². The molecule has 2 aromatic rings. The molecule has 0 aliphatic carbocycles. The Hall–Kier alpha value is -1.97. The number of hydrogen-bond donors (Lipinski definition) is 0. The van der Waals surface area contributed by atoms with Gasteiger partial charge in [0.05, 0.1) is 5.56 Å². The van der Waals surface area contributed by atoms with E-state index < -0.39 is 75.0 Å². The number of rotatable bonds is 2. The lowest BCUT2D eigenvalue weighted by atomic mass is 9.92. The van der Waals surface area contributed by atoms with Crippen LogP contribution in [0, 0.1) is 53.5 Å². The average molecular weight is 460 g/mol. The smallest absolute Gasteiger partial charge is 0.246 e. The number of alkyl halides is 4. The van der Waals surface area contributed by atoms with Gasteiger partial charge in [-0.1, -0.05) is 8.58 Å². The first-order valence-electron chi connectivity index (χ1n) is 7.20. The van der Waals surface area contributed by atoms with Gasteiger partial charge in [-0.2, -0.15) is 13.2 Å². The predicted molar refractivity (Wildman–Crippen MR) is 81.5 cm³/mol. The van der Waals surface area contributed by atoms with E-state index in [1.165, 1.54) is 0 Å². The van der Waals surface area contributed by atoms with Crippen LogP contribution in [0.1, 0.15) is 11.1 Å². The van der Waals surface area contributed by atoms with Gasteiger partial charge in [-0.05, 0) is 19.2 Å². The minimum atomic E-state index is -5.83. The van der Waals surface area contributed by atoms with E-state index in [-0.39, 0.29) is 6.42 Å². The van der Waals surface area contributed by atoms with Crippen molar-refractivity contribution in [3.8, 4) is 11.1 Å². The van der Waals surface area contributed by atoms with Gasteiger partial charge >= 0.3 is 6.18 Å². The second kappa shape index (κ2) is 9.23. The summed E-state index contributed by atoms with van der Waals surface area (Å²) < 4.78 is 157. The van der Waals surface area contributed by atoms with Crippen LogP contribution >= 0.6 is 8.58 Å². The Morgan fingerprint density at radius 1 is 0.621 bits per heavy atom. The molecule has 0 fully saturated rings. The Kier molecular flexibility index (Phi) is 7.98. The summed E-state index contributed by atoms with van der Waals surface area (Å²) in [5, 5.41) is 0. The fourth-order valence-electron chi connectivity index (χ4n) is 2.18. The Morgan fingerprint density at radius 3 is 1.31 bits per heavy atom. The predicted octanol–water partition coefficient (Wildman–Crippen LogP) is 7.02. The Balaban J connectivity index is 0.000000960. The zero-order valence-electron chi connectivity index (χ0n) is 14.2. The molecule has 162 valence electrons. The third-order valence-electron chi connectivity index (χ3n) is 3.44. The third-order valence-corrected chi connectivity index (χ3v) is 3.70. The minimum Gasteiger partial charge on any atom is -0.246 e. The van der Waals surface area contributed by atoms with Crippen molar-refractivity contribution in [2.75, 3.05) is 13.1 Å². The zero-order valence-corrected chi connectivity index (χ0v) is 15.2. The Bertz CT molecular complexity index is 889. The van der Waals surface area contributed by atoms with Crippen molar-refractivity contribution < 1.29 is 52.7 Å². The van der Waals surface area contributed by atoms with E-state index in [1.54, 1.807) is 0 Å². The Morgan fingerprint density at radius 2 is 0.966 bits per heavy atom. The number of halogens is 12. The van der Waals surface area contributed by atoms with Crippen LogP contribution in [-0.2, 0) is 6.18 Å². The molecule has 13 heteroatoms. The molecule has 2 rings (SSSR count). The van der Waals surface area contributed by atoms with E-state index in [0.717, 1.165) is 0 Å². The molecule has 0 saturated heterocycles. The molecular weight excluding hydrogens is 451 g/mol. The molecule has 0 saturated carbocycles. The molecule has 0 heterocycles. The molecule has 1 unspecified atom stereocenters. The molecule has 0 radical (unpaired) electrons. The lowest BCUT2D eigenvalue weighted by Gasteiger charge is -2.19. The molecule has 0 amide bonds. The van der Waals surface area contributed by atoms with Crippen molar-refractivity contribution in [1.82, 2.24) is 0 Å². The van der Waals surface area contributed by atoms with E-state index in [9.17, 15) is 52.7 Å². The van der Waals surface area contributed by atoms with E-state index in [0.29, 0.717) is 15.5 Å².